The third-order valence-electron chi connectivity index (χ3n) is 1.85. The first-order valence-corrected chi connectivity index (χ1v) is 6.40. The summed E-state index contributed by atoms with van der Waals surface area (Å²) < 4.78 is 10.1. The normalized spacial score (nSPS) is 10.7. The van der Waals surface area contributed by atoms with Gasteiger partial charge >= 0.3 is 17.1 Å². The van der Waals surface area contributed by atoms with E-state index in [0.29, 0.717) is 12.2 Å². The van der Waals surface area contributed by atoms with Crippen LogP contribution >= 0.6 is 25.3 Å². The SMILES string of the molecule is C=C(C)C(=O)OC(S)(CCCS)OC(=O)C(=C)C. The van der Waals surface area contributed by atoms with Crippen molar-refractivity contribution in [1.82, 2.24) is 0 Å². The number of hydrogen-bond donors (Lipinski definition) is 2. The second-order valence-electron chi connectivity index (χ2n) is 3.88. The fraction of sp³-hybridized carbons (Fsp3) is 0.500. The van der Waals surface area contributed by atoms with Crippen LogP contribution in [0.4, 0.5) is 0 Å². The van der Waals surface area contributed by atoms with Gasteiger partial charge in [-0.15, -0.1) is 0 Å². The molecule has 0 unspecified atom stereocenters. The van der Waals surface area contributed by atoms with Gasteiger partial charge in [-0.1, -0.05) is 25.8 Å². The Morgan fingerprint density at radius 3 is 1.78 bits per heavy atom. The van der Waals surface area contributed by atoms with E-state index in [9.17, 15) is 9.59 Å². The number of carbonyl (C=O) groups excluding carboxylic acids is 2. The molecule has 0 rings (SSSR count). The van der Waals surface area contributed by atoms with Crippen molar-refractivity contribution in [3.8, 4) is 0 Å². The summed E-state index contributed by atoms with van der Waals surface area (Å²) in [5.74, 6) is -0.783. The Hall–Kier alpha value is -0.880. The van der Waals surface area contributed by atoms with Crippen LogP contribution < -0.4 is 0 Å². The number of esters is 2. The molecular formula is C12H18O4S2. The summed E-state index contributed by atoms with van der Waals surface area (Å²) in [5, 5.41) is -1.62. The monoisotopic (exact) mass is 290 g/mol. The first kappa shape index (κ1) is 17.1. The molecule has 0 N–H and O–H groups in total. The van der Waals surface area contributed by atoms with Gasteiger partial charge in [0.2, 0.25) is 0 Å². The van der Waals surface area contributed by atoms with Crippen LogP contribution in [0, 0.1) is 0 Å². The molecule has 0 spiro atoms. The second kappa shape index (κ2) is 7.53. The van der Waals surface area contributed by atoms with Crippen molar-refractivity contribution in [3.63, 3.8) is 0 Å². The lowest BCUT2D eigenvalue weighted by molar-refractivity contribution is -0.193. The fourth-order valence-electron chi connectivity index (χ4n) is 0.889. The molecule has 0 aromatic heterocycles. The third-order valence-corrected chi connectivity index (χ3v) is 2.57. The first-order chi connectivity index (χ1) is 8.22. The maximum Gasteiger partial charge on any atom is 0.337 e. The van der Waals surface area contributed by atoms with Crippen molar-refractivity contribution in [2.75, 3.05) is 5.75 Å². The molecule has 0 fully saturated rings. The maximum absolute atomic E-state index is 11.5. The minimum absolute atomic E-state index is 0.200. The zero-order valence-corrected chi connectivity index (χ0v) is 12.4. The van der Waals surface area contributed by atoms with Crippen molar-refractivity contribution in [1.29, 1.82) is 0 Å². The van der Waals surface area contributed by atoms with Gasteiger partial charge in [0, 0.05) is 17.6 Å². The van der Waals surface area contributed by atoms with Gasteiger partial charge in [0.15, 0.2) is 0 Å². The van der Waals surface area contributed by atoms with E-state index in [-0.39, 0.29) is 17.6 Å². The molecule has 0 saturated heterocycles. The van der Waals surface area contributed by atoms with Crippen molar-refractivity contribution in [2.45, 2.75) is 31.8 Å². The van der Waals surface area contributed by atoms with E-state index < -0.39 is 17.1 Å². The molecule has 102 valence electrons. The number of ether oxygens (including phenoxy) is 2. The lowest BCUT2D eigenvalue weighted by Crippen LogP contribution is -2.35. The van der Waals surface area contributed by atoms with Crippen LogP contribution in [0.1, 0.15) is 26.7 Å². The molecule has 0 radical (unpaired) electrons. The van der Waals surface area contributed by atoms with Crippen LogP contribution in [-0.4, -0.2) is 22.8 Å². The zero-order valence-electron chi connectivity index (χ0n) is 10.6. The smallest absolute Gasteiger partial charge is 0.337 e. The molecule has 0 heterocycles. The Morgan fingerprint density at radius 2 is 1.50 bits per heavy atom. The fourth-order valence-corrected chi connectivity index (χ4v) is 1.37. The van der Waals surface area contributed by atoms with Crippen LogP contribution in [0.3, 0.4) is 0 Å². The van der Waals surface area contributed by atoms with E-state index in [1.807, 2.05) is 0 Å². The first-order valence-electron chi connectivity index (χ1n) is 5.33. The van der Waals surface area contributed by atoms with Crippen LogP contribution in [0.25, 0.3) is 0 Å². The van der Waals surface area contributed by atoms with Crippen LogP contribution in [0.2, 0.25) is 0 Å². The summed E-state index contributed by atoms with van der Waals surface area (Å²) in [7, 11) is 0. The molecule has 0 atom stereocenters. The van der Waals surface area contributed by atoms with Gasteiger partial charge in [0.1, 0.15) is 0 Å². The molecule has 6 heteroatoms. The molecule has 0 amide bonds. The average Bonchev–Trinajstić information content (AvgIpc) is 2.25. The molecule has 0 bridgehead atoms. The largest absolute Gasteiger partial charge is 0.409 e. The quantitative estimate of drug-likeness (QED) is 0.327. The molecule has 4 nitrogen and oxygen atoms in total. The van der Waals surface area contributed by atoms with Crippen LogP contribution in [0.5, 0.6) is 0 Å². The highest BCUT2D eigenvalue weighted by Gasteiger charge is 2.34. The van der Waals surface area contributed by atoms with Gasteiger partial charge < -0.3 is 9.47 Å². The molecule has 0 aliphatic carbocycles. The summed E-state index contributed by atoms with van der Waals surface area (Å²) in [6.45, 7) is 9.90. The van der Waals surface area contributed by atoms with Gasteiger partial charge in [-0.25, -0.2) is 9.59 Å². The lowest BCUT2D eigenvalue weighted by atomic mass is 10.3. The van der Waals surface area contributed by atoms with E-state index in [4.69, 9.17) is 9.47 Å². The average molecular weight is 290 g/mol. The van der Waals surface area contributed by atoms with E-state index >= 15 is 0 Å². The van der Waals surface area contributed by atoms with Crippen molar-refractivity contribution in [2.24, 2.45) is 0 Å². The molecule has 0 aromatic rings. The second-order valence-corrected chi connectivity index (χ2v) is 5.01. The Balaban J connectivity index is 4.81. The molecule has 0 aromatic carbocycles. The summed E-state index contributed by atoms with van der Waals surface area (Å²) in [6.07, 6.45) is 0.803. The standard InChI is InChI=1S/C12H18O4S2/c1-8(2)10(13)15-12(18,6-5-7-17)16-11(14)9(3)4/h17-18H,1,3,5-7H2,2,4H3. The summed E-state index contributed by atoms with van der Waals surface area (Å²) in [4.78, 5) is 22.9. The Kier molecular flexibility index (Phi) is 7.16. The minimum atomic E-state index is -1.62. The Bertz CT molecular complexity index is 335. The van der Waals surface area contributed by atoms with Crippen LogP contribution in [0.15, 0.2) is 24.3 Å². The van der Waals surface area contributed by atoms with Crippen molar-refractivity contribution >= 4 is 37.2 Å². The lowest BCUT2D eigenvalue weighted by Gasteiger charge is -2.28. The highest BCUT2D eigenvalue weighted by molar-refractivity contribution is 7.81. The van der Waals surface area contributed by atoms with Gasteiger partial charge in [-0.3, -0.25) is 0 Å². The highest BCUT2D eigenvalue weighted by atomic mass is 32.1. The maximum atomic E-state index is 11.5. The van der Waals surface area contributed by atoms with E-state index in [0.717, 1.165) is 0 Å². The third kappa shape index (κ3) is 6.16. The summed E-state index contributed by atoms with van der Waals surface area (Å²) >= 11 is 8.16. The predicted octanol–water partition coefficient (Wildman–Crippen LogP) is 2.52. The predicted molar refractivity (Wildman–Crippen MR) is 76.6 cm³/mol. The van der Waals surface area contributed by atoms with Gasteiger partial charge in [-0.05, 0) is 26.0 Å². The molecular weight excluding hydrogens is 272 g/mol. The minimum Gasteiger partial charge on any atom is -0.409 e. The zero-order chi connectivity index (χ0) is 14.3. The van der Waals surface area contributed by atoms with Gasteiger partial charge in [0.05, 0.1) is 0 Å². The van der Waals surface area contributed by atoms with E-state index in [1.165, 1.54) is 13.8 Å². The van der Waals surface area contributed by atoms with E-state index in [2.05, 4.69) is 38.4 Å². The van der Waals surface area contributed by atoms with Crippen LogP contribution in [-0.2, 0) is 19.1 Å². The van der Waals surface area contributed by atoms with Crippen molar-refractivity contribution < 1.29 is 19.1 Å². The molecule has 0 aliphatic rings. The topological polar surface area (TPSA) is 52.6 Å². The summed E-state index contributed by atoms with van der Waals surface area (Å²) in [5.41, 5.74) is 0.399. The molecule has 0 aliphatic heterocycles. The number of rotatable bonds is 7. The van der Waals surface area contributed by atoms with Crippen molar-refractivity contribution in [3.05, 3.63) is 24.3 Å². The Morgan fingerprint density at radius 1 is 1.11 bits per heavy atom. The number of carbonyl (C=O) groups is 2. The summed E-state index contributed by atoms with van der Waals surface area (Å²) in [6, 6.07) is 0. The highest BCUT2D eigenvalue weighted by Crippen LogP contribution is 2.27. The van der Waals surface area contributed by atoms with E-state index in [1.54, 1.807) is 0 Å². The molecule has 0 saturated carbocycles. The number of thiol groups is 2. The van der Waals surface area contributed by atoms with Gasteiger partial charge in [0.25, 0.3) is 0 Å². The Labute approximate surface area is 118 Å². The number of hydrogen-bond acceptors (Lipinski definition) is 6. The van der Waals surface area contributed by atoms with Gasteiger partial charge in [-0.2, -0.15) is 12.6 Å². The molecule has 18 heavy (non-hydrogen) atoms.